The quantitative estimate of drug-likeness (QED) is 0.633. The molecule has 2 N–H and O–H groups in total. The molecule has 0 radical (unpaired) electrons. The van der Waals surface area contributed by atoms with Crippen molar-refractivity contribution in [1.82, 2.24) is 15.8 Å². The molecular formula is C13H18ClN3O2. The van der Waals surface area contributed by atoms with Gasteiger partial charge in [0.05, 0.1) is 0 Å². The highest BCUT2D eigenvalue weighted by Gasteiger charge is 2.18. The third-order valence-electron chi connectivity index (χ3n) is 2.65. The Morgan fingerprint density at radius 3 is 2.26 bits per heavy atom. The average Bonchev–Trinajstić information content (AvgIpc) is 2.42. The van der Waals surface area contributed by atoms with E-state index in [-0.39, 0.29) is 0 Å². The van der Waals surface area contributed by atoms with Crippen LogP contribution in [0.5, 0.6) is 0 Å². The van der Waals surface area contributed by atoms with Crippen LogP contribution < -0.4 is 10.9 Å². The number of hydrogen-bond acceptors (Lipinski definition) is 3. The van der Waals surface area contributed by atoms with Gasteiger partial charge < -0.3 is 4.90 Å². The van der Waals surface area contributed by atoms with Crippen molar-refractivity contribution in [3.05, 3.63) is 34.9 Å². The van der Waals surface area contributed by atoms with Gasteiger partial charge in [0, 0.05) is 24.7 Å². The Kier molecular flexibility index (Phi) is 6.32. The van der Waals surface area contributed by atoms with Gasteiger partial charge in [-0.15, -0.1) is 0 Å². The van der Waals surface area contributed by atoms with E-state index in [1.54, 1.807) is 12.1 Å². The zero-order chi connectivity index (χ0) is 14.3. The number of rotatable bonds is 5. The summed E-state index contributed by atoms with van der Waals surface area (Å²) in [6, 6.07) is 7.21. The Morgan fingerprint density at radius 2 is 1.74 bits per heavy atom. The van der Waals surface area contributed by atoms with Crippen LogP contribution in [0.15, 0.2) is 24.3 Å². The van der Waals surface area contributed by atoms with Crippen LogP contribution in [0, 0.1) is 0 Å². The molecule has 1 aromatic carbocycles. The molecule has 0 aliphatic carbocycles. The minimum atomic E-state index is -0.655. The van der Waals surface area contributed by atoms with Gasteiger partial charge in [-0.2, -0.15) is 0 Å². The Hall–Kier alpha value is -1.59. The fourth-order valence-electron chi connectivity index (χ4n) is 1.54. The van der Waals surface area contributed by atoms with E-state index in [9.17, 15) is 9.59 Å². The molecule has 2 amide bonds. The Labute approximate surface area is 117 Å². The summed E-state index contributed by atoms with van der Waals surface area (Å²) in [6.45, 7) is 5.11. The first kappa shape index (κ1) is 15.5. The summed E-state index contributed by atoms with van der Waals surface area (Å²) in [5.74, 6) is -1.19. The molecule has 6 heteroatoms. The number of halogens is 1. The SMILES string of the molecule is CCN(CC)C(=O)C(=O)NNCc1ccc(Cl)cc1. The second-order valence-electron chi connectivity index (χ2n) is 3.91. The van der Waals surface area contributed by atoms with Gasteiger partial charge in [-0.05, 0) is 31.5 Å². The topological polar surface area (TPSA) is 61.4 Å². The number of hydrazine groups is 1. The summed E-state index contributed by atoms with van der Waals surface area (Å²) < 4.78 is 0. The van der Waals surface area contributed by atoms with E-state index in [0.29, 0.717) is 24.7 Å². The first-order chi connectivity index (χ1) is 9.08. The maximum Gasteiger partial charge on any atom is 0.323 e. The standard InChI is InChI=1S/C13H18ClN3O2/c1-3-17(4-2)13(19)12(18)16-15-9-10-5-7-11(14)8-6-10/h5-8,15H,3-4,9H2,1-2H3,(H,16,18). The second-order valence-corrected chi connectivity index (χ2v) is 4.35. The molecule has 19 heavy (non-hydrogen) atoms. The van der Waals surface area contributed by atoms with Gasteiger partial charge >= 0.3 is 11.8 Å². The van der Waals surface area contributed by atoms with Crippen molar-refractivity contribution in [3.8, 4) is 0 Å². The predicted molar refractivity (Wildman–Crippen MR) is 74.4 cm³/mol. The van der Waals surface area contributed by atoms with Gasteiger partial charge in [0.15, 0.2) is 0 Å². The lowest BCUT2D eigenvalue weighted by Gasteiger charge is -2.17. The van der Waals surface area contributed by atoms with Gasteiger partial charge in [0.2, 0.25) is 0 Å². The van der Waals surface area contributed by atoms with E-state index in [1.807, 2.05) is 26.0 Å². The molecule has 1 aromatic rings. The normalized spacial score (nSPS) is 10.1. The monoisotopic (exact) mass is 283 g/mol. The van der Waals surface area contributed by atoms with E-state index >= 15 is 0 Å². The highest BCUT2D eigenvalue weighted by atomic mass is 35.5. The number of carbonyl (C=O) groups is 2. The fraction of sp³-hybridized carbons (Fsp3) is 0.385. The van der Waals surface area contributed by atoms with Gasteiger partial charge in [-0.25, -0.2) is 5.43 Å². The number of hydrogen-bond donors (Lipinski definition) is 2. The van der Waals surface area contributed by atoms with Gasteiger partial charge in [0.25, 0.3) is 0 Å². The van der Waals surface area contributed by atoms with Crippen LogP contribution >= 0.6 is 11.6 Å². The lowest BCUT2D eigenvalue weighted by molar-refractivity contribution is -0.146. The van der Waals surface area contributed by atoms with E-state index in [0.717, 1.165) is 5.56 Å². The number of carbonyl (C=O) groups excluding carboxylic acids is 2. The number of benzene rings is 1. The minimum Gasteiger partial charge on any atom is -0.335 e. The summed E-state index contributed by atoms with van der Waals surface area (Å²) in [6.07, 6.45) is 0. The second kappa shape index (κ2) is 7.76. The third-order valence-corrected chi connectivity index (χ3v) is 2.90. The van der Waals surface area contributed by atoms with Crippen molar-refractivity contribution in [2.45, 2.75) is 20.4 Å². The third kappa shape index (κ3) is 4.89. The summed E-state index contributed by atoms with van der Waals surface area (Å²) >= 11 is 5.76. The van der Waals surface area contributed by atoms with Crippen molar-refractivity contribution in [2.75, 3.05) is 13.1 Å². The minimum absolute atomic E-state index is 0.425. The lowest BCUT2D eigenvalue weighted by atomic mass is 10.2. The summed E-state index contributed by atoms with van der Waals surface area (Å²) in [4.78, 5) is 24.7. The summed E-state index contributed by atoms with van der Waals surface area (Å²) in [7, 11) is 0. The Bertz CT molecular complexity index is 430. The van der Waals surface area contributed by atoms with Crippen molar-refractivity contribution in [2.24, 2.45) is 0 Å². The van der Waals surface area contributed by atoms with Crippen molar-refractivity contribution < 1.29 is 9.59 Å². The zero-order valence-corrected chi connectivity index (χ0v) is 11.8. The molecule has 104 valence electrons. The Balaban J connectivity index is 2.38. The molecule has 0 spiro atoms. The molecule has 0 aliphatic heterocycles. The molecule has 0 saturated heterocycles. The summed E-state index contributed by atoms with van der Waals surface area (Å²) in [5, 5.41) is 0.657. The van der Waals surface area contributed by atoms with Crippen molar-refractivity contribution in [1.29, 1.82) is 0 Å². The van der Waals surface area contributed by atoms with Crippen molar-refractivity contribution >= 4 is 23.4 Å². The fourth-order valence-corrected chi connectivity index (χ4v) is 1.66. The molecule has 0 aliphatic rings. The molecule has 0 saturated carbocycles. The number of nitrogens with zero attached hydrogens (tertiary/aromatic N) is 1. The van der Waals surface area contributed by atoms with Gasteiger partial charge in [0.1, 0.15) is 0 Å². The van der Waals surface area contributed by atoms with E-state index in [2.05, 4.69) is 10.9 Å². The number of likely N-dealkylation sites (N-methyl/N-ethyl adjacent to an activating group) is 1. The van der Waals surface area contributed by atoms with Crippen LogP contribution in [0.2, 0.25) is 5.02 Å². The maximum atomic E-state index is 11.6. The first-order valence-electron chi connectivity index (χ1n) is 6.15. The molecule has 5 nitrogen and oxygen atoms in total. The van der Waals surface area contributed by atoms with E-state index in [4.69, 9.17) is 11.6 Å². The highest BCUT2D eigenvalue weighted by molar-refractivity contribution is 6.34. The molecule has 0 fully saturated rings. The highest BCUT2D eigenvalue weighted by Crippen LogP contribution is 2.08. The molecule has 0 aromatic heterocycles. The van der Waals surface area contributed by atoms with Crippen LogP contribution in [0.25, 0.3) is 0 Å². The van der Waals surface area contributed by atoms with Crippen LogP contribution in [0.3, 0.4) is 0 Å². The van der Waals surface area contributed by atoms with Crippen LogP contribution in [0.1, 0.15) is 19.4 Å². The largest absolute Gasteiger partial charge is 0.335 e. The van der Waals surface area contributed by atoms with Gasteiger partial charge in [-0.1, -0.05) is 23.7 Å². The van der Waals surface area contributed by atoms with Crippen LogP contribution in [-0.2, 0) is 16.1 Å². The predicted octanol–water partition coefficient (Wildman–Crippen LogP) is 1.33. The van der Waals surface area contributed by atoms with E-state index in [1.165, 1.54) is 4.90 Å². The van der Waals surface area contributed by atoms with Crippen LogP contribution in [0.4, 0.5) is 0 Å². The molecule has 0 unspecified atom stereocenters. The number of nitrogens with one attached hydrogen (secondary N) is 2. The van der Waals surface area contributed by atoms with Crippen molar-refractivity contribution in [3.63, 3.8) is 0 Å². The zero-order valence-electron chi connectivity index (χ0n) is 11.1. The first-order valence-corrected chi connectivity index (χ1v) is 6.52. The smallest absolute Gasteiger partial charge is 0.323 e. The molecule has 0 atom stereocenters. The average molecular weight is 284 g/mol. The van der Waals surface area contributed by atoms with Gasteiger partial charge in [-0.3, -0.25) is 15.0 Å². The van der Waals surface area contributed by atoms with E-state index < -0.39 is 11.8 Å². The maximum absolute atomic E-state index is 11.6. The molecule has 0 heterocycles. The Morgan fingerprint density at radius 1 is 1.16 bits per heavy atom. The molecular weight excluding hydrogens is 266 g/mol. The number of amides is 2. The summed E-state index contributed by atoms with van der Waals surface area (Å²) in [5.41, 5.74) is 6.05. The van der Waals surface area contributed by atoms with Crippen LogP contribution in [-0.4, -0.2) is 29.8 Å². The lowest BCUT2D eigenvalue weighted by Crippen LogP contribution is -2.47. The molecule has 0 bridgehead atoms. The molecule has 1 rings (SSSR count).